The van der Waals surface area contributed by atoms with Gasteiger partial charge in [-0.15, -0.1) is 0 Å². The average molecular weight is 260 g/mol. The number of amides is 1. The van der Waals surface area contributed by atoms with Crippen molar-refractivity contribution in [2.45, 2.75) is 18.6 Å². The molecule has 0 fully saturated rings. The fourth-order valence-corrected chi connectivity index (χ4v) is 1.93. The van der Waals surface area contributed by atoms with Crippen molar-refractivity contribution in [2.24, 2.45) is 0 Å². The summed E-state index contributed by atoms with van der Waals surface area (Å²) in [5.41, 5.74) is 2.16. The third-order valence-corrected chi connectivity index (χ3v) is 3.02. The van der Waals surface area contributed by atoms with E-state index in [1.165, 1.54) is 0 Å². The normalized spacial score (nSPS) is 12.3. The average Bonchev–Trinajstić information content (AvgIpc) is 2.38. The number of nitrogens with zero attached hydrogens (tertiary/aromatic N) is 1. The zero-order valence-corrected chi connectivity index (χ0v) is 11.2. The molecule has 1 aromatic carbocycles. The van der Waals surface area contributed by atoms with E-state index in [2.05, 4.69) is 22.9 Å². The SMILES string of the molecule is CC(S)C(=O)NCCc1cccc2cccnc12. The first-order valence-electron chi connectivity index (χ1n) is 5.97. The van der Waals surface area contributed by atoms with Crippen molar-refractivity contribution in [3.63, 3.8) is 0 Å². The molecule has 2 rings (SSSR count). The Bertz CT molecular complexity index is 549. The Balaban J connectivity index is 2.06. The lowest BCUT2D eigenvalue weighted by molar-refractivity contribution is -0.120. The molecule has 0 aliphatic heterocycles. The second-order valence-electron chi connectivity index (χ2n) is 4.21. The van der Waals surface area contributed by atoms with E-state index in [1.54, 1.807) is 13.1 Å². The number of carbonyl (C=O) groups is 1. The number of benzene rings is 1. The number of pyridine rings is 1. The van der Waals surface area contributed by atoms with E-state index in [9.17, 15) is 4.79 Å². The molecule has 0 aliphatic rings. The van der Waals surface area contributed by atoms with Gasteiger partial charge in [0.25, 0.3) is 0 Å². The summed E-state index contributed by atoms with van der Waals surface area (Å²) in [5, 5.41) is 3.71. The molecule has 0 bridgehead atoms. The van der Waals surface area contributed by atoms with E-state index in [4.69, 9.17) is 0 Å². The van der Waals surface area contributed by atoms with Crippen LogP contribution in [-0.2, 0) is 11.2 Å². The van der Waals surface area contributed by atoms with Gasteiger partial charge in [-0.2, -0.15) is 12.6 Å². The van der Waals surface area contributed by atoms with Crippen molar-refractivity contribution in [1.29, 1.82) is 0 Å². The minimum Gasteiger partial charge on any atom is -0.355 e. The van der Waals surface area contributed by atoms with E-state index in [0.717, 1.165) is 22.9 Å². The summed E-state index contributed by atoms with van der Waals surface area (Å²) in [5.74, 6) is -0.0356. The molecule has 1 unspecified atom stereocenters. The predicted molar refractivity (Wildman–Crippen MR) is 76.9 cm³/mol. The first-order valence-corrected chi connectivity index (χ1v) is 6.48. The number of hydrogen-bond acceptors (Lipinski definition) is 3. The summed E-state index contributed by atoms with van der Waals surface area (Å²) in [6.07, 6.45) is 2.57. The van der Waals surface area contributed by atoms with Gasteiger partial charge in [-0.25, -0.2) is 0 Å². The maximum absolute atomic E-state index is 11.4. The van der Waals surface area contributed by atoms with E-state index in [1.807, 2.05) is 30.3 Å². The minimum absolute atomic E-state index is 0.0356. The molecule has 4 heteroatoms. The Hall–Kier alpha value is -1.55. The van der Waals surface area contributed by atoms with E-state index in [-0.39, 0.29) is 11.2 Å². The Morgan fingerprint density at radius 1 is 1.39 bits per heavy atom. The van der Waals surface area contributed by atoms with Gasteiger partial charge in [0.1, 0.15) is 0 Å². The molecule has 0 saturated carbocycles. The summed E-state index contributed by atoms with van der Waals surface area (Å²) in [6.45, 7) is 2.37. The van der Waals surface area contributed by atoms with Gasteiger partial charge < -0.3 is 5.32 Å². The number of hydrogen-bond donors (Lipinski definition) is 2. The zero-order chi connectivity index (χ0) is 13.0. The van der Waals surface area contributed by atoms with Crippen molar-refractivity contribution >= 4 is 29.4 Å². The van der Waals surface area contributed by atoms with E-state index < -0.39 is 0 Å². The van der Waals surface area contributed by atoms with Gasteiger partial charge in [-0.3, -0.25) is 9.78 Å². The van der Waals surface area contributed by atoms with Crippen LogP contribution in [0.1, 0.15) is 12.5 Å². The highest BCUT2D eigenvalue weighted by Crippen LogP contribution is 2.15. The number of para-hydroxylation sites is 1. The molecule has 18 heavy (non-hydrogen) atoms. The number of rotatable bonds is 4. The van der Waals surface area contributed by atoms with Crippen LogP contribution >= 0.6 is 12.6 Å². The van der Waals surface area contributed by atoms with Crippen molar-refractivity contribution < 1.29 is 4.79 Å². The molecular formula is C14H16N2OS. The van der Waals surface area contributed by atoms with Crippen molar-refractivity contribution in [3.05, 3.63) is 42.1 Å². The molecule has 2 aromatic rings. The molecule has 0 saturated heterocycles. The van der Waals surface area contributed by atoms with Gasteiger partial charge in [-0.1, -0.05) is 24.3 Å². The molecule has 0 radical (unpaired) electrons. The number of carbonyl (C=O) groups excluding carboxylic acids is 1. The number of aromatic nitrogens is 1. The van der Waals surface area contributed by atoms with Crippen LogP contribution in [0.15, 0.2) is 36.5 Å². The van der Waals surface area contributed by atoms with Gasteiger partial charge in [0.2, 0.25) is 5.91 Å². The van der Waals surface area contributed by atoms with Gasteiger partial charge in [0.05, 0.1) is 10.8 Å². The molecular weight excluding hydrogens is 244 g/mol. The molecule has 0 aliphatic carbocycles. The summed E-state index contributed by atoms with van der Waals surface area (Å²) in [6, 6.07) is 10.1. The highest BCUT2D eigenvalue weighted by Gasteiger charge is 2.07. The Labute approximate surface area is 112 Å². The number of thiol groups is 1. The molecule has 1 atom stereocenters. The van der Waals surface area contributed by atoms with Crippen LogP contribution in [-0.4, -0.2) is 22.7 Å². The monoisotopic (exact) mass is 260 g/mol. The van der Waals surface area contributed by atoms with Crippen molar-refractivity contribution in [2.75, 3.05) is 6.54 Å². The van der Waals surface area contributed by atoms with Gasteiger partial charge in [0.15, 0.2) is 0 Å². The lowest BCUT2D eigenvalue weighted by Gasteiger charge is -2.08. The predicted octanol–water partition coefficient (Wildman–Crippen LogP) is 2.21. The second kappa shape index (κ2) is 5.87. The lowest BCUT2D eigenvalue weighted by Crippen LogP contribution is -2.31. The molecule has 1 heterocycles. The van der Waals surface area contributed by atoms with Crippen LogP contribution < -0.4 is 5.32 Å². The maximum atomic E-state index is 11.4. The third-order valence-electron chi connectivity index (χ3n) is 2.79. The Kier molecular flexibility index (Phi) is 4.20. The minimum atomic E-state index is -0.268. The van der Waals surface area contributed by atoms with Crippen LogP contribution in [0.4, 0.5) is 0 Å². The quantitative estimate of drug-likeness (QED) is 0.828. The van der Waals surface area contributed by atoms with E-state index in [0.29, 0.717) is 6.54 Å². The van der Waals surface area contributed by atoms with Gasteiger partial charge in [-0.05, 0) is 25.0 Å². The van der Waals surface area contributed by atoms with E-state index >= 15 is 0 Å². The van der Waals surface area contributed by atoms with Crippen LogP contribution in [0, 0.1) is 0 Å². The van der Waals surface area contributed by atoms with Crippen molar-refractivity contribution in [3.8, 4) is 0 Å². The van der Waals surface area contributed by atoms with Gasteiger partial charge in [0, 0.05) is 18.1 Å². The number of fused-ring (bicyclic) bond motifs is 1. The Morgan fingerprint density at radius 2 is 2.17 bits per heavy atom. The first kappa shape index (κ1) is 12.9. The Morgan fingerprint density at radius 3 is 2.94 bits per heavy atom. The summed E-state index contributed by atoms with van der Waals surface area (Å²) < 4.78 is 0. The lowest BCUT2D eigenvalue weighted by atomic mass is 10.1. The van der Waals surface area contributed by atoms with Crippen LogP contribution in [0.25, 0.3) is 10.9 Å². The topological polar surface area (TPSA) is 42.0 Å². The first-order chi connectivity index (χ1) is 8.68. The summed E-state index contributed by atoms with van der Waals surface area (Å²) in [7, 11) is 0. The third kappa shape index (κ3) is 3.01. The molecule has 1 N–H and O–H groups in total. The largest absolute Gasteiger partial charge is 0.355 e. The molecule has 1 aromatic heterocycles. The smallest absolute Gasteiger partial charge is 0.232 e. The van der Waals surface area contributed by atoms with Crippen LogP contribution in [0.3, 0.4) is 0 Å². The summed E-state index contributed by atoms with van der Waals surface area (Å²) in [4.78, 5) is 15.8. The zero-order valence-electron chi connectivity index (χ0n) is 10.3. The highest BCUT2D eigenvalue weighted by atomic mass is 32.1. The van der Waals surface area contributed by atoms with Crippen molar-refractivity contribution in [1.82, 2.24) is 10.3 Å². The standard InChI is InChI=1S/C14H16N2OS/c1-10(18)14(17)16-9-7-12-5-2-4-11-6-3-8-15-13(11)12/h2-6,8,10,18H,7,9H2,1H3,(H,16,17). The summed E-state index contributed by atoms with van der Waals surface area (Å²) >= 11 is 4.09. The molecule has 1 amide bonds. The highest BCUT2D eigenvalue weighted by molar-refractivity contribution is 7.81. The maximum Gasteiger partial charge on any atom is 0.232 e. The van der Waals surface area contributed by atoms with Crippen LogP contribution in [0.5, 0.6) is 0 Å². The molecule has 94 valence electrons. The second-order valence-corrected chi connectivity index (χ2v) is 4.98. The molecule has 0 spiro atoms. The van der Waals surface area contributed by atoms with Gasteiger partial charge >= 0.3 is 0 Å². The molecule has 3 nitrogen and oxygen atoms in total. The van der Waals surface area contributed by atoms with Crippen LogP contribution in [0.2, 0.25) is 0 Å². The number of nitrogens with one attached hydrogen (secondary N) is 1. The fraction of sp³-hybridized carbons (Fsp3) is 0.286. The fourth-order valence-electron chi connectivity index (χ4n) is 1.84.